The molecule has 10 amide bonds. The maximum atomic E-state index is 13.7. The van der Waals surface area contributed by atoms with Crippen molar-refractivity contribution >= 4 is 82.9 Å². The Bertz CT molecular complexity index is 2000. The first-order valence-corrected chi connectivity index (χ1v) is 22.9. The maximum Gasteiger partial charge on any atom is 0.305 e. The van der Waals surface area contributed by atoms with Crippen LogP contribution in [0.1, 0.15) is 104 Å². The van der Waals surface area contributed by atoms with Crippen LogP contribution in [0.5, 0.6) is 0 Å². The number of aliphatic hydroxyl groups excluding tert-OH is 1. The molecule has 0 bridgehead atoms. The third kappa shape index (κ3) is 24.9. The van der Waals surface area contributed by atoms with Gasteiger partial charge in [0.15, 0.2) is 0 Å². The lowest BCUT2D eigenvalue weighted by Gasteiger charge is -2.27. The molecule has 1 heterocycles. The van der Waals surface area contributed by atoms with E-state index < -0.39 is 195 Å². The normalized spacial score (nSPS) is 24.9. The number of nitrogens with one attached hydrogen (secondary N) is 9. The van der Waals surface area contributed by atoms with E-state index in [1.807, 2.05) is 0 Å². The molecule has 404 valence electrons. The summed E-state index contributed by atoms with van der Waals surface area (Å²) in [6.07, 6.45) is -7.71. The van der Waals surface area contributed by atoms with Crippen molar-refractivity contribution in [3.63, 3.8) is 0 Å². The van der Waals surface area contributed by atoms with Crippen LogP contribution in [0, 0.1) is 5.92 Å². The average molecular weight is 1030 g/mol. The first-order chi connectivity index (χ1) is 33.6. The van der Waals surface area contributed by atoms with Crippen LogP contribution in [0.2, 0.25) is 0 Å². The summed E-state index contributed by atoms with van der Waals surface area (Å²) in [7, 11) is 0. The molecule has 1 rings (SSSR count). The largest absolute Gasteiger partial charge is 0.481 e. The number of primary amides is 1. The number of rotatable bonds is 17. The molecule has 30 nitrogen and oxygen atoms in total. The zero-order valence-electron chi connectivity index (χ0n) is 40.0. The summed E-state index contributed by atoms with van der Waals surface area (Å²) in [4.78, 5) is 179. The molecule has 1 saturated heterocycles. The number of nitrogens with two attached hydrogens (primary N) is 2. The van der Waals surface area contributed by atoms with Crippen LogP contribution in [0.3, 0.4) is 0 Å². The van der Waals surface area contributed by atoms with Gasteiger partial charge in [0.1, 0.15) is 42.3 Å². The third-order valence-electron chi connectivity index (χ3n) is 10.6. The molecule has 1 aliphatic rings. The number of carboxylic acids is 4. The van der Waals surface area contributed by atoms with E-state index >= 15 is 0 Å². The number of carbonyl (C=O) groups is 14. The third-order valence-corrected chi connectivity index (χ3v) is 10.6. The molecule has 0 aliphatic carbocycles. The van der Waals surface area contributed by atoms with Gasteiger partial charge in [-0.15, -0.1) is 0 Å². The smallest absolute Gasteiger partial charge is 0.305 e. The van der Waals surface area contributed by atoms with Gasteiger partial charge in [-0.25, -0.2) is 0 Å². The first kappa shape index (κ1) is 62.5. The van der Waals surface area contributed by atoms with E-state index in [2.05, 4.69) is 47.9 Å². The number of amides is 10. The van der Waals surface area contributed by atoms with Crippen molar-refractivity contribution < 1.29 is 92.7 Å². The number of aliphatic carboxylic acids is 4. The quantitative estimate of drug-likeness (QED) is 0.0645. The Labute approximate surface area is 412 Å². The molecule has 9 atom stereocenters. The lowest BCUT2D eigenvalue weighted by atomic mass is 10.0. The highest BCUT2D eigenvalue weighted by molar-refractivity contribution is 5.99. The highest BCUT2D eigenvalue weighted by Crippen LogP contribution is 2.11. The monoisotopic (exact) mass is 1030 g/mol. The second-order valence-electron chi connectivity index (χ2n) is 17.3. The van der Waals surface area contributed by atoms with Gasteiger partial charge in [-0.1, -0.05) is 13.8 Å². The second-order valence-corrected chi connectivity index (χ2v) is 17.3. The molecular weight excluding hydrogens is 963 g/mol. The molecule has 18 N–H and O–H groups in total. The lowest BCUT2D eigenvalue weighted by molar-refractivity contribution is -0.142. The van der Waals surface area contributed by atoms with Gasteiger partial charge in [-0.05, 0) is 64.2 Å². The molecule has 0 unspecified atom stereocenters. The Morgan fingerprint density at radius 3 is 1.39 bits per heavy atom. The summed E-state index contributed by atoms with van der Waals surface area (Å²) in [6, 6.07) is -13.6. The predicted molar refractivity (Wildman–Crippen MR) is 244 cm³/mol. The summed E-state index contributed by atoms with van der Waals surface area (Å²) in [5.74, 6) is -17.4. The van der Waals surface area contributed by atoms with Gasteiger partial charge in [-0.2, -0.15) is 0 Å². The Morgan fingerprint density at radius 2 is 0.931 bits per heavy atom. The zero-order chi connectivity index (χ0) is 54.8. The Morgan fingerprint density at radius 1 is 0.514 bits per heavy atom. The topological polar surface area (TPSA) is 500 Å². The number of hydrogen-bond donors (Lipinski definition) is 16. The lowest BCUT2D eigenvalue weighted by Crippen LogP contribution is -2.61. The fourth-order valence-corrected chi connectivity index (χ4v) is 6.76. The van der Waals surface area contributed by atoms with Gasteiger partial charge in [0.05, 0.1) is 25.1 Å². The summed E-state index contributed by atoms with van der Waals surface area (Å²) >= 11 is 0. The van der Waals surface area contributed by atoms with Crippen molar-refractivity contribution in [1.82, 2.24) is 47.9 Å². The number of carboxylic acid groups (broad SMARTS) is 4. The zero-order valence-corrected chi connectivity index (χ0v) is 40.0. The minimum absolute atomic E-state index is 0.0205. The van der Waals surface area contributed by atoms with Crippen molar-refractivity contribution in [1.29, 1.82) is 0 Å². The Hall–Kier alpha value is -7.50. The summed E-state index contributed by atoms with van der Waals surface area (Å²) in [5, 5.41) is 68.5. The SMILES string of the molecule is CC(C)C[C@@H]1NC(=O)[C@@H](N)CCCCNC(=O)[C@H](CCC(N)=O)NC(=O)[C@H](CCC(=O)O)NC(=O)CNC(=O)[C@H]([C@@H](C)O)NC(=O)[C@H](CCC(=O)O)NC(=O)[C@@H](CCC(=O)O)NC(=O)[C@H](CC(=O)O)NC1=O. The Kier molecular flexibility index (Phi) is 27.5. The van der Waals surface area contributed by atoms with Crippen molar-refractivity contribution in [2.45, 2.75) is 159 Å². The van der Waals surface area contributed by atoms with Crippen LogP contribution in [-0.2, 0) is 67.1 Å². The molecule has 30 heteroatoms. The highest BCUT2D eigenvalue weighted by atomic mass is 16.4. The molecule has 72 heavy (non-hydrogen) atoms. The van der Waals surface area contributed by atoms with Crippen LogP contribution in [0.15, 0.2) is 0 Å². The summed E-state index contributed by atoms with van der Waals surface area (Å²) in [5.41, 5.74) is 11.4. The van der Waals surface area contributed by atoms with Crippen molar-refractivity contribution in [2.24, 2.45) is 17.4 Å². The summed E-state index contributed by atoms with van der Waals surface area (Å²) in [6.45, 7) is 3.30. The van der Waals surface area contributed by atoms with Crippen molar-refractivity contribution in [3.8, 4) is 0 Å². The fourth-order valence-electron chi connectivity index (χ4n) is 6.76. The second kappa shape index (κ2) is 31.7. The van der Waals surface area contributed by atoms with Crippen molar-refractivity contribution in [2.75, 3.05) is 13.1 Å². The molecule has 0 saturated carbocycles. The standard InChI is InChI=1S/C42H67N11O19/c1-19(2)16-26-40(70)52-27(17-33(63)64)41(71)50-24(9-13-31(59)60)38(68)49-25(10-14-32(61)62)39(69)53-34(20(3)54)42(72)46-18-29(56)47-23(8-12-30(57)58)37(67)48-22(7-11-28(44)55)36(66)45-15-5-4-6-21(43)35(65)51-26/h19-27,34,54H,4-18,43H2,1-3H3,(H2,44,55)(H,45,66)(H,46,72)(H,47,56)(H,48,67)(H,49,68)(H,50,71)(H,51,65)(H,52,70)(H,53,69)(H,57,58)(H,59,60)(H,61,62)(H,63,64)/t20-,21+,22+,23+,24-,25+,26+,27+,34+/m1/s1. The van der Waals surface area contributed by atoms with Gasteiger partial charge in [0, 0.05) is 32.2 Å². The molecule has 0 spiro atoms. The highest BCUT2D eigenvalue weighted by Gasteiger charge is 2.36. The van der Waals surface area contributed by atoms with E-state index in [0.717, 1.165) is 6.92 Å². The number of carbonyl (C=O) groups excluding carboxylic acids is 10. The minimum Gasteiger partial charge on any atom is -0.481 e. The molecule has 1 aliphatic heterocycles. The molecular formula is C42H67N11O19. The van der Waals surface area contributed by atoms with E-state index in [1.165, 1.54) is 0 Å². The van der Waals surface area contributed by atoms with Gasteiger partial charge in [0.2, 0.25) is 59.1 Å². The minimum atomic E-state index is -1.98. The Balaban J connectivity index is 3.80. The summed E-state index contributed by atoms with van der Waals surface area (Å²) < 4.78 is 0. The average Bonchev–Trinajstić information content (AvgIpc) is 3.27. The van der Waals surface area contributed by atoms with Gasteiger partial charge in [0.25, 0.3) is 0 Å². The number of aliphatic hydroxyl groups is 1. The van der Waals surface area contributed by atoms with Gasteiger partial charge < -0.3 is 84.9 Å². The van der Waals surface area contributed by atoms with E-state index in [1.54, 1.807) is 13.8 Å². The van der Waals surface area contributed by atoms with Crippen LogP contribution < -0.4 is 59.3 Å². The molecule has 0 radical (unpaired) electrons. The van der Waals surface area contributed by atoms with Crippen LogP contribution in [0.25, 0.3) is 0 Å². The van der Waals surface area contributed by atoms with E-state index in [9.17, 15) is 92.7 Å². The van der Waals surface area contributed by atoms with Gasteiger partial charge in [-0.3, -0.25) is 67.1 Å². The fraction of sp³-hybridized carbons (Fsp3) is 0.667. The predicted octanol–water partition coefficient (Wildman–Crippen LogP) is -6.11. The van der Waals surface area contributed by atoms with Gasteiger partial charge >= 0.3 is 23.9 Å². The molecule has 0 aromatic carbocycles. The maximum absolute atomic E-state index is 13.7. The van der Waals surface area contributed by atoms with E-state index in [0.29, 0.717) is 0 Å². The van der Waals surface area contributed by atoms with E-state index in [-0.39, 0.29) is 44.6 Å². The molecule has 1 fully saturated rings. The van der Waals surface area contributed by atoms with Crippen molar-refractivity contribution in [3.05, 3.63) is 0 Å². The van der Waals surface area contributed by atoms with Crippen LogP contribution in [-0.4, -0.2) is 176 Å². The van der Waals surface area contributed by atoms with Crippen LogP contribution >= 0.6 is 0 Å². The van der Waals surface area contributed by atoms with Crippen LogP contribution in [0.4, 0.5) is 0 Å². The number of hydrogen-bond acceptors (Lipinski definition) is 16. The first-order valence-electron chi connectivity index (χ1n) is 22.9. The molecule has 0 aromatic rings. The molecule has 0 aromatic heterocycles. The van der Waals surface area contributed by atoms with E-state index in [4.69, 9.17) is 11.5 Å².